The van der Waals surface area contributed by atoms with Crippen LogP contribution in [-0.2, 0) is 4.79 Å². The third-order valence-corrected chi connectivity index (χ3v) is 7.85. The van der Waals surface area contributed by atoms with Crippen molar-refractivity contribution < 1.29 is 9.90 Å². The maximum Gasteiger partial charge on any atom is 0.155 e. The molecule has 0 aliphatic heterocycles. The Morgan fingerprint density at radius 2 is 2.04 bits per heavy atom. The molecule has 0 spiro atoms. The van der Waals surface area contributed by atoms with Crippen molar-refractivity contribution in [3.05, 3.63) is 23.8 Å². The SMILES string of the molecule is C#C[C@]1(O)C=C[C@H]2[C@@H]3CCC4=CC(=O)CC[C@]4(C)[C@H]3CC[C@@]21C. The summed E-state index contributed by atoms with van der Waals surface area (Å²) < 4.78 is 0. The van der Waals surface area contributed by atoms with Gasteiger partial charge in [-0.2, -0.15) is 0 Å². The van der Waals surface area contributed by atoms with E-state index in [4.69, 9.17) is 6.42 Å². The number of carbonyl (C=O) groups is 1. The first kappa shape index (κ1) is 15.2. The molecule has 0 unspecified atom stereocenters. The maximum atomic E-state index is 11.8. The van der Waals surface area contributed by atoms with Crippen LogP contribution in [0.1, 0.15) is 52.4 Å². The summed E-state index contributed by atoms with van der Waals surface area (Å²) in [4.78, 5) is 11.8. The van der Waals surface area contributed by atoms with Gasteiger partial charge in [-0.25, -0.2) is 0 Å². The molecule has 4 aliphatic rings. The number of carbonyl (C=O) groups excluding carboxylic acids is 1. The van der Waals surface area contributed by atoms with Gasteiger partial charge in [-0.3, -0.25) is 4.79 Å². The molecule has 0 aromatic carbocycles. The van der Waals surface area contributed by atoms with E-state index < -0.39 is 5.60 Å². The van der Waals surface area contributed by atoms with Crippen molar-refractivity contribution in [1.82, 2.24) is 0 Å². The van der Waals surface area contributed by atoms with Crippen molar-refractivity contribution in [2.24, 2.45) is 28.6 Å². The minimum atomic E-state index is -1.10. The van der Waals surface area contributed by atoms with E-state index in [9.17, 15) is 9.90 Å². The van der Waals surface area contributed by atoms with E-state index in [-0.39, 0.29) is 10.8 Å². The molecule has 122 valence electrons. The van der Waals surface area contributed by atoms with Crippen LogP contribution in [0.2, 0.25) is 0 Å². The number of allylic oxidation sites excluding steroid dienone is 3. The quantitative estimate of drug-likeness (QED) is 0.548. The van der Waals surface area contributed by atoms with Crippen molar-refractivity contribution in [1.29, 1.82) is 0 Å². The summed E-state index contributed by atoms with van der Waals surface area (Å²) in [7, 11) is 0. The lowest BCUT2D eigenvalue weighted by Crippen LogP contribution is -2.54. The Morgan fingerprint density at radius 1 is 1.26 bits per heavy atom. The molecule has 2 heteroatoms. The molecule has 0 bridgehead atoms. The summed E-state index contributed by atoms with van der Waals surface area (Å²) in [6.07, 6.45) is 17.6. The first-order valence-corrected chi connectivity index (χ1v) is 8.97. The highest BCUT2D eigenvalue weighted by Crippen LogP contribution is 2.65. The normalized spacial score (nSPS) is 51.3. The largest absolute Gasteiger partial charge is 0.373 e. The Balaban J connectivity index is 1.72. The van der Waals surface area contributed by atoms with E-state index in [0.29, 0.717) is 30.0 Å². The van der Waals surface area contributed by atoms with Crippen molar-refractivity contribution in [2.75, 3.05) is 0 Å². The minimum Gasteiger partial charge on any atom is -0.373 e. The van der Waals surface area contributed by atoms with Gasteiger partial charge in [0.1, 0.15) is 5.60 Å². The first-order valence-electron chi connectivity index (χ1n) is 8.97. The summed E-state index contributed by atoms with van der Waals surface area (Å²) in [6, 6.07) is 0. The molecule has 0 radical (unpaired) electrons. The fourth-order valence-corrected chi connectivity index (χ4v) is 6.25. The van der Waals surface area contributed by atoms with E-state index in [1.807, 2.05) is 12.2 Å². The van der Waals surface area contributed by atoms with Gasteiger partial charge >= 0.3 is 0 Å². The molecule has 1 N–H and O–H groups in total. The van der Waals surface area contributed by atoms with Crippen molar-refractivity contribution in [2.45, 2.75) is 58.0 Å². The second kappa shape index (κ2) is 4.61. The van der Waals surface area contributed by atoms with E-state index in [2.05, 4.69) is 25.8 Å². The fraction of sp³-hybridized carbons (Fsp3) is 0.667. The van der Waals surface area contributed by atoms with Gasteiger partial charge in [0, 0.05) is 11.8 Å². The van der Waals surface area contributed by atoms with Crippen LogP contribution in [0.3, 0.4) is 0 Å². The number of ketones is 1. The van der Waals surface area contributed by atoms with Gasteiger partial charge < -0.3 is 5.11 Å². The number of rotatable bonds is 0. The standard InChI is InChI=1S/C21H26O2/c1-4-21(23)12-9-18-16-6-5-14-13-15(22)7-10-19(14,2)17(16)8-11-20(18,21)3/h1,9,12-13,16-18,23H,5-8,10-11H2,2-3H3/t16-,17+,18+,19+,20+,21+/m1/s1. The van der Waals surface area contributed by atoms with E-state index in [0.717, 1.165) is 32.1 Å². The predicted octanol–water partition coefficient (Wildman–Crippen LogP) is 3.66. The molecule has 0 heterocycles. The lowest BCUT2D eigenvalue weighted by molar-refractivity contribution is -0.118. The molecule has 6 atom stereocenters. The number of hydrogen-bond acceptors (Lipinski definition) is 2. The Kier molecular flexibility index (Phi) is 3.05. The molecule has 0 aromatic rings. The monoisotopic (exact) mass is 310 g/mol. The van der Waals surface area contributed by atoms with Crippen LogP contribution in [0.4, 0.5) is 0 Å². The minimum absolute atomic E-state index is 0.169. The number of aliphatic hydroxyl groups is 1. The van der Waals surface area contributed by atoms with E-state index >= 15 is 0 Å². The zero-order valence-electron chi connectivity index (χ0n) is 14.1. The highest BCUT2D eigenvalue weighted by molar-refractivity contribution is 5.91. The molecule has 2 fully saturated rings. The van der Waals surface area contributed by atoms with Gasteiger partial charge in [0.05, 0.1) is 0 Å². The van der Waals surface area contributed by atoms with Crippen molar-refractivity contribution >= 4 is 5.78 Å². The van der Waals surface area contributed by atoms with Gasteiger partial charge in [-0.15, -0.1) is 6.42 Å². The number of fused-ring (bicyclic) bond motifs is 5. The Hall–Kier alpha value is -1.33. The average Bonchev–Trinajstić information content (AvgIpc) is 2.80. The van der Waals surface area contributed by atoms with Crippen LogP contribution in [0, 0.1) is 40.9 Å². The number of terminal acetylenes is 1. The Morgan fingerprint density at radius 3 is 2.78 bits per heavy atom. The topological polar surface area (TPSA) is 37.3 Å². The molecule has 0 aromatic heterocycles. The lowest BCUT2D eigenvalue weighted by atomic mass is 9.46. The first-order chi connectivity index (χ1) is 10.8. The van der Waals surface area contributed by atoms with Gasteiger partial charge in [-0.1, -0.05) is 31.4 Å². The average molecular weight is 310 g/mol. The van der Waals surface area contributed by atoms with E-state index in [1.165, 1.54) is 5.57 Å². The predicted molar refractivity (Wildman–Crippen MR) is 90.4 cm³/mol. The van der Waals surface area contributed by atoms with Gasteiger partial charge in [0.25, 0.3) is 0 Å². The van der Waals surface area contributed by atoms with E-state index in [1.54, 1.807) is 0 Å². The zero-order chi connectivity index (χ0) is 16.5. The summed E-state index contributed by atoms with van der Waals surface area (Å²) in [5.41, 5.74) is 0.225. The zero-order valence-corrected chi connectivity index (χ0v) is 14.1. The van der Waals surface area contributed by atoms with Crippen molar-refractivity contribution in [3.8, 4) is 12.3 Å². The van der Waals surface area contributed by atoms with Gasteiger partial charge in [0.15, 0.2) is 5.78 Å². The Labute approximate surface area is 139 Å². The second-order valence-electron chi connectivity index (χ2n) is 8.61. The summed E-state index contributed by atoms with van der Waals surface area (Å²) in [6.45, 7) is 4.54. The molecule has 2 nitrogen and oxygen atoms in total. The van der Waals surface area contributed by atoms with Crippen LogP contribution < -0.4 is 0 Å². The highest BCUT2D eigenvalue weighted by atomic mass is 16.3. The van der Waals surface area contributed by atoms with Crippen LogP contribution in [0.15, 0.2) is 23.8 Å². The third kappa shape index (κ3) is 1.78. The molecule has 4 rings (SSSR count). The maximum absolute atomic E-state index is 11.8. The molecule has 23 heavy (non-hydrogen) atoms. The van der Waals surface area contributed by atoms with Gasteiger partial charge in [0.2, 0.25) is 0 Å². The summed E-state index contributed by atoms with van der Waals surface area (Å²) >= 11 is 0. The fourth-order valence-electron chi connectivity index (χ4n) is 6.25. The summed E-state index contributed by atoms with van der Waals surface area (Å²) in [5, 5.41) is 10.9. The third-order valence-electron chi connectivity index (χ3n) is 7.85. The van der Waals surface area contributed by atoms with Crippen LogP contribution in [-0.4, -0.2) is 16.5 Å². The molecular weight excluding hydrogens is 284 g/mol. The van der Waals surface area contributed by atoms with Crippen LogP contribution in [0.5, 0.6) is 0 Å². The second-order valence-corrected chi connectivity index (χ2v) is 8.61. The molecule has 4 aliphatic carbocycles. The molecule has 0 amide bonds. The van der Waals surface area contributed by atoms with Crippen molar-refractivity contribution in [3.63, 3.8) is 0 Å². The smallest absolute Gasteiger partial charge is 0.155 e. The van der Waals surface area contributed by atoms with Crippen LogP contribution in [0.25, 0.3) is 0 Å². The Bertz CT molecular complexity index is 666. The number of hydrogen-bond donors (Lipinski definition) is 1. The lowest BCUT2D eigenvalue weighted by Gasteiger charge is -2.58. The molecular formula is C21H26O2. The highest BCUT2D eigenvalue weighted by Gasteiger charge is 2.61. The van der Waals surface area contributed by atoms with Gasteiger partial charge in [-0.05, 0) is 67.4 Å². The molecule has 2 saturated carbocycles. The summed E-state index contributed by atoms with van der Waals surface area (Å²) in [5.74, 6) is 4.51. The molecule has 0 saturated heterocycles. The van der Waals surface area contributed by atoms with Crippen LogP contribution >= 0.6 is 0 Å².